The molecule has 1 saturated carbocycles. The first-order valence-corrected chi connectivity index (χ1v) is 5.47. The average Bonchev–Trinajstić information content (AvgIpc) is 2.01. The van der Waals surface area contributed by atoms with Crippen LogP contribution < -0.4 is 5.32 Å². The highest BCUT2D eigenvalue weighted by atomic mass is 16.3. The standard InChI is InChI=1S/C11H21NO2/c1-4-5-8(2)10(13)12-9-6-11(3,14)7-9/h8-9,14H,4-7H2,1-3H3,(H,12,13). The first kappa shape index (κ1) is 11.5. The molecular formula is C11H21NO2. The van der Waals surface area contributed by atoms with Crippen LogP contribution in [-0.2, 0) is 4.79 Å². The molecule has 1 amide bonds. The smallest absolute Gasteiger partial charge is 0.223 e. The van der Waals surface area contributed by atoms with Crippen molar-refractivity contribution in [2.45, 2.75) is 58.1 Å². The Morgan fingerprint density at radius 3 is 2.64 bits per heavy atom. The Morgan fingerprint density at radius 2 is 2.21 bits per heavy atom. The fourth-order valence-corrected chi connectivity index (χ4v) is 2.01. The minimum atomic E-state index is -0.550. The predicted octanol–water partition coefficient (Wildman–Crippen LogP) is 1.45. The van der Waals surface area contributed by atoms with Crippen molar-refractivity contribution in [2.24, 2.45) is 5.92 Å². The molecule has 2 N–H and O–H groups in total. The number of nitrogens with one attached hydrogen (secondary N) is 1. The maximum atomic E-state index is 11.6. The highest BCUT2D eigenvalue weighted by molar-refractivity contribution is 5.78. The van der Waals surface area contributed by atoms with Crippen LogP contribution in [0.4, 0.5) is 0 Å². The van der Waals surface area contributed by atoms with Gasteiger partial charge in [0.15, 0.2) is 0 Å². The van der Waals surface area contributed by atoms with Crippen molar-refractivity contribution < 1.29 is 9.90 Å². The molecule has 0 bridgehead atoms. The van der Waals surface area contributed by atoms with Crippen LogP contribution in [-0.4, -0.2) is 22.7 Å². The van der Waals surface area contributed by atoms with Crippen molar-refractivity contribution in [2.75, 3.05) is 0 Å². The highest BCUT2D eigenvalue weighted by Crippen LogP contribution is 2.31. The maximum absolute atomic E-state index is 11.6. The topological polar surface area (TPSA) is 49.3 Å². The maximum Gasteiger partial charge on any atom is 0.223 e. The van der Waals surface area contributed by atoms with Crippen molar-refractivity contribution in [3.63, 3.8) is 0 Å². The van der Waals surface area contributed by atoms with Crippen LogP contribution in [0.25, 0.3) is 0 Å². The fraction of sp³-hybridized carbons (Fsp3) is 0.909. The van der Waals surface area contributed by atoms with Crippen molar-refractivity contribution in [3.05, 3.63) is 0 Å². The Hall–Kier alpha value is -0.570. The third-order valence-corrected chi connectivity index (χ3v) is 2.89. The number of carbonyl (C=O) groups excluding carboxylic acids is 1. The van der Waals surface area contributed by atoms with E-state index in [9.17, 15) is 9.90 Å². The van der Waals surface area contributed by atoms with Gasteiger partial charge in [0.2, 0.25) is 5.91 Å². The molecule has 0 heterocycles. The van der Waals surface area contributed by atoms with E-state index < -0.39 is 5.60 Å². The normalized spacial score (nSPS) is 33.3. The van der Waals surface area contributed by atoms with E-state index in [-0.39, 0.29) is 17.9 Å². The summed E-state index contributed by atoms with van der Waals surface area (Å²) in [5, 5.41) is 12.4. The van der Waals surface area contributed by atoms with Gasteiger partial charge in [-0.2, -0.15) is 0 Å². The van der Waals surface area contributed by atoms with Crippen LogP contribution in [0.5, 0.6) is 0 Å². The Kier molecular flexibility index (Phi) is 3.53. The molecule has 1 aliphatic carbocycles. The van der Waals surface area contributed by atoms with E-state index in [0.717, 1.165) is 12.8 Å². The van der Waals surface area contributed by atoms with Crippen LogP contribution in [0.15, 0.2) is 0 Å². The van der Waals surface area contributed by atoms with Gasteiger partial charge in [0, 0.05) is 12.0 Å². The molecule has 1 atom stereocenters. The van der Waals surface area contributed by atoms with Crippen molar-refractivity contribution >= 4 is 5.91 Å². The van der Waals surface area contributed by atoms with E-state index in [0.29, 0.717) is 12.8 Å². The summed E-state index contributed by atoms with van der Waals surface area (Å²) in [6, 6.07) is 0.191. The van der Waals surface area contributed by atoms with E-state index in [1.807, 2.05) is 13.8 Å². The SMILES string of the molecule is CCCC(C)C(=O)NC1CC(C)(O)C1. The molecule has 14 heavy (non-hydrogen) atoms. The van der Waals surface area contributed by atoms with Gasteiger partial charge in [0.05, 0.1) is 5.60 Å². The lowest BCUT2D eigenvalue weighted by Crippen LogP contribution is -2.54. The summed E-state index contributed by atoms with van der Waals surface area (Å²) < 4.78 is 0. The van der Waals surface area contributed by atoms with E-state index >= 15 is 0 Å². The molecule has 82 valence electrons. The molecule has 1 rings (SSSR count). The molecule has 1 fully saturated rings. The van der Waals surface area contributed by atoms with Crippen molar-refractivity contribution in [3.8, 4) is 0 Å². The third kappa shape index (κ3) is 2.98. The molecule has 0 aromatic carbocycles. The van der Waals surface area contributed by atoms with Gasteiger partial charge in [-0.25, -0.2) is 0 Å². The van der Waals surface area contributed by atoms with E-state index in [4.69, 9.17) is 0 Å². The van der Waals surface area contributed by atoms with Gasteiger partial charge in [0.1, 0.15) is 0 Å². The first-order chi connectivity index (χ1) is 6.44. The molecule has 3 heteroatoms. The molecule has 0 radical (unpaired) electrons. The lowest BCUT2D eigenvalue weighted by molar-refractivity contribution is -0.128. The monoisotopic (exact) mass is 199 g/mol. The van der Waals surface area contributed by atoms with Gasteiger partial charge in [-0.1, -0.05) is 20.3 Å². The lowest BCUT2D eigenvalue weighted by atomic mass is 9.77. The Bertz CT molecular complexity index is 205. The molecule has 0 spiro atoms. The highest BCUT2D eigenvalue weighted by Gasteiger charge is 2.39. The largest absolute Gasteiger partial charge is 0.390 e. The van der Waals surface area contributed by atoms with Gasteiger partial charge in [0.25, 0.3) is 0 Å². The molecule has 1 unspecified atom stereocenters. The van der Waals surface area contributed by atoms with E-state index in [1.54, 1.807) is 0 Å². The summed E-state index contributed by atoms with van der Waals surface area (Å²) in [6.07, 6.45) is 3.36. The van der Waals surface area contributed by atoms with Crippen LogP contribution in [0.2, 0.25) is 0 Å². The molecule has 1 aliphatic rings. The van der Waals surface area contributed by atoms with Crippen LogP contribution in [0, 0.1) is 5.92 Å². The van der Waals surface area contributed by atoms with Gasteiger partial charge < -0.3 is 10.4 Å². The Balaban J connectivity index is 2.22. The molecule has 3 nitrogen and oxygen atoms in total. The number of amides is 1. The molecular weight excluding hydrogens is 178 g/mol. The number of carbonyl (C=O) groups is 1. The summed E-state index contributed by atoms with van der Waals surface area (Å²) in [5.74, 6) is 0.234. The van der Waals surface area contributed by atoms with Crippen LogP contribution in [0.1, 0.15) is 46.5 Å². The Morgan fingerprint density at radius 1 is 1.64 bits per heavy atom. The number of hydrogen-bond acceptors (Lipinski definition) is 2. The summed E-state index contributed by atoms with van der Waals surface area (Å²) in [6.45, 7) is 5.85. The van der Waals surface area contributed by atoms with Crippen LogP contribution in [0.3, 0.4) is 0 Å². The first-order valence-electron chi connectivity index (χ1n) is 5.47. The fourth-order valence-electron chi connectivity index (χ4n) is 2.01. The predicted molar refractivity (Wildman–Crippen MR) is 55.9 cm³/mol. The van der Waals surface area contributed by atoms with Gasteiger partial charge >= 0.3 is 0 Å². The summed E-state index contributed by atoms with van der Waals surface area (Å²) in [7, 11) is 0. The summed E-state index contributed by atoms with van der Waals surface area (Å²) in [4.78, 5) is 11.6. The molecule has 0 aliphatic heterocycles. The second kappa shape index (κ2) is 4.30. The third-order valence-electron chi connectivity index (χ3n) is 2.89. The second-order valence-corrected chi connectivity index (χ2v) is 4.80. The quantitative estimate of drug-likeness (QED) is 0.720. The van der Waals surface area contributed by atoms with Gasteiger partial charge in [-0.05, 0) is 26.2 Å². The van der Waals surface area contributed by atoms with E-state index in [2.05, 4.69) is 12.2 Å². The zero-order chi connectivity index (χ0) is 10.8. The number of rotatable bonds is 4. The number of aliphatic hydroxyl groups is 1. The molecule has 0 saturated heterocycles. The minimum absolute atomic E-state index is 0.102. The van der Waals surface area contributed by atoms with Gasteiger partial charge in [-0.15, -0.1) is 0 Å². The second-order valence-electron chi connectivity index (χ2n) is 4.80. The molecule has 0 aromatic rings. The van der Waals surface area contributed by atoms with E-state index in [1.165, 1.54) is 0 Å². The number of hydrogen-bond donors (Lipinski definition) is 2. The zero-order valence-corrected chi connectivity index (χ0v) is 9.34. The lowest BCUT2D eigenvalue weighted by Gasteiger charge is -2.41. The average molecular weight is 199 g/mol. The van der Waals surface area contributed by atoms with Crippen LogP contribution >= 0.6 is 0 Å². The van der Waals surface area contributed by atoms with Crippen molar-refractivity contribution in [1.29, 1.82) is 0 Å². The zero-order valence-electron chi connectivity index (χ0n) is 9.34. The summed E-state index contributed by atoms with van der Waals surface area (Å²) in [5.41, 5.74) is -0.550. The van der Waals surface area contributed by atoms with Crippen molar-refractivity contribution in [1.82, 2.24) is 5.32 Å². The minimum Gasteiger partial charge on any atom is -0.390 e. The Labute approximate surface area is 85.9 Å². The molecule has 0 aromatic heterocycles. The van der Waals surface area contributed by atoms with Gasteiger partial charge in [-0.3, -0.25) is 4.79 Å². The summed E-state index contributed by atoms with van der Waals surface area (Å²) >= 11 is 0.